The third-order valence-corrected chi connectivity index (χ3v) is 7.11. The maximum absolute atomic E-state index is 12.3. The fourth-order valence-corrected chi connectivity index (χ4v) is 4.99. The Kier molecular flexibility index (Phi) is 7.43. The molecule has 1 saturated heterocycles. The van der Waals surface area contributed by atoms with Crippen LogP contribution in [0.3, 0.4) is 0 Å². The first-order valence-corrected chi connectivity index (χ1v) is 12.3. The first-order valence-electron chi connectivity index (χ1n) is 11.5. The number of aliphatic hydroxyl groups is 1. The second-order valence-electron chi connectivity index (χ2n) is 8.66. The number of carbonyl (C=O) groups is 1. The molecule has 0 saturated carbocycles. The lowest BCUT2D eigenvalue weighted by atomic mass is 10.0. The first-order chi connectivity index (χ1) is 16.1. The molecule has 1 aliphatic heterocycles. The van der Waals surface area contributed by atoms with Crippen LogP contribution >= 0.6 is 11.3 Å². The monoisotopic (exact) mass is 459 g/mol. The van der Waals surface area contributed by atoms with Gasteiger partial charge in [-0.25, -0.2) is 0 Å². The van der Waals surface area contributed by atoms with E-state index in [0.29, 0.717) is 6.54 Å². The molecule has 3 aromatic rings. The van der Waals surface area contributed by atoms with E-state index < -0.39 is 5.91 Å². The van der Waals surface area contributed by atoms with E-state index in [4.69, 9.17) is 5.11 Å². The summed E-state index contributed by atoms with van der Waals surface area (Å²) in [4.78, 5) is 16.7. The summed E-state index contributed by atoms with van der Waals surface area (Å²) >= 11 is 1.55. The molecule has 1 unspecified atom stereocenters. The zero-order valence-corrected chi connectivity index (χ0v) is 19.7. The van der Waals surface area contributed by atoms with E-state index in [1.165, 1.54) is 35.7 Å². The summed E-state index contributed by atoms with van der Waals surface area (Å²) < 4.78 is 0. The number of hydrogen-bond donors (Lipinski definition) is 2. The van der Waals surface area contributed by atoms with Gasteiger partial charge in [-0.2, -0.15) is 5.26 Å². The van der Waals surface area contributed by atoms with Crippen LogP contribution in [0.15, 0.2) is 54.1 Å². The molecule has 1 aromatic heterocycles. The smallest absolute Gasteiger partial charge is 0.261 e. The van der Waals surface area contributed by atoms with Crippen LogP contribution in [0, 0.1) is 17.2 Å². The van der Waals surface area contributed by atoms with Gasteiger partial charge >= 0.3 is 0 Å². The van der Waals surface area contributed by atoms with Crippen LogP contribution in [0.25, 0.3) is 27.3 Å². The van der Waals surface area contributed by atoms with Crippen molar-refractivity contribution in [3.8, 4) is 16.5 Å². The number of amides is 1. The fourth-order valence-electron chi connectivity index (χ4n) is 4.04. The number of hydrogen-bond acceptors (Lipinski definition) is 5. The Bertz CT molecular complexity index is 1200. The van der Waals surface area contributed by atoms with E-state index >= 15 is 0 Å². The van der Waals surface area contributed by atoms with E-state index in [0.717, 1.165) is 28.4 Å². The van der Waals surface area contributed by atoms with Gasteiger partial charge in [0.05, 0.1) is 0 Å². The van der Waals surface area contributed by atoms with Crippen LogP contribution in [-0.4, -0.2) is 37.3 Å². The second-order valence-corrected chi connectivity index (χ2v) is 9.78. The van der Waals surface area contributed by atoms with Gasteiger partial charge in [-0.3, -0.25) is 4.79 Å². The van der Waals surface area contributed by atoms with Gasteiger partial charge in [-0.15, -0.1) is 11.3 Å². The molecule has 33 heavy (non-hydrogen) atoms. The maximum atomic E-state index is 12.3. The van der Waals surface area contributed by atoms with Crippen molar-refractivity contribution in [3.05, 3.63) is 59.0 Å². The van der Waals surface area contributed by atoms with Crippen molar-refractivity contribution in [2.24, 2.45) is 5.92 Å². The molecule has 0 aliphatic carbocycles. The molecule has 1 atom stereocenters. The summed E-state index contributed by atoms with van der Waals surface area (Å²) in [5, 5.41) is 23.6. The number of nitrogens with zero attached hydrogens (tertiary/aromatic N) is 2. The standard InChI is InChI=1S/C27H29N3O2S/c1-19(18-31)17-29-27(32)23(16-28)15-25-9-10-26(33-25)22-6-5-21-14-24(8-7-20(21)13-22)30-11-3-2-4-12-30/h5-10,13-15,19,31H,2-4,11-12,17-18H2,1H3,(H,29,32)/b23-15+. The van der Waals surface area contributed by atoms with E-state index in [2.05, 4.69) is 46.6 Å². The predicted molar refractivity (Wildman–Crippen MR) is 136 cm³/mol. The zero-order valence-electron chi connectivity index (χ0n) is 18.9. The van der Waals surface area contributed by atoms with Gasteiger partial charge in [-0.1, -0.05) is 25.1 Å². The van der Waals surface area contributed by atoms with Gasteiger partial charge in [0.1, 0.15) is 11.6 Å². The van der Waals surface area contributed by atoms with Crippen LogP contribution in [0.5, 0.6) is 0 Å². The lowest BCUT2D eigenvalue weighted by Gasteiger charge is -2.29. The number of fused-ring (bicyclic) bond motifs is 1. The summed E-state index contributed by atoms with van der Waals surface area (Å²) in [5.74, 6) is -0.464. The van der Waals surface area contributed by atoms with Crippen molar-refractivity contribution in [2.45, 2.75) is 26.2 Å². The van der Waals surface area contributed by atoms with Crippen LogP contribution in [-0.2, 0) is 4.79 Å². The van der Waals surface area contributed by atoms with Gasteiger partial charge < -0.3 is 15.3 Å². The fraction of sp³-hybridized carbons (Fsp3) is 0.333. The molecule has 4 rings (SSSR count). The SMILES string of the molecule is CC(CO)CNC(=O)/C(C#N)=C/c1ccc(-c2ccc3cc(N4CCCCC4)ccc3c2)s1. The van der Waals surface area contributed by atoms with Gasteiger partial charge in [0.2, 0.25) is 0 Å². The second kappa shape index (κ2) is 10.7. The highest BCUT2D eigenvalue weighted by atomic mass is 32.1. The molecule has 5 nitrogen and oxygen atoms in total. The molecule has 0 bridgehead atoms. The quantitative estimate of drug-likeness (QED) is 0.376. The van der Waals surface area contributed by atoms with Crippen molar-refractivity contribution in [2.75, 3.05) is 31.1 Å². The number of benzene rings is 2. The first kappa shape index (κ1) is 23.0. The molecule has 170 valence electrons. The molecule has 2 N–H and O–H groups in total. The number of aliphatic hydroxyl groups excluding tert-OH is 1. The molecule has 1 aliphatic rings. The minimum absolute atomic E-state index is 0.00844. The van der Waals surface area contributed by atoms with Crippen LogP contribution in [0.4, 0.5) is 5.69 Å². The summed E-state index contributed by atoms with van der Waals surface area (Å²) in [6.07, 6.45) is 5.49. The van der Waals surface area contributed by atoms with Crippen LogP contribution in [0.1, 0.15) is 31.1 Å². The third-order valence-electron chi connectivity index (χ3n) is 6.03. The zero-order chi connectivity index (χ0) is 23.2. The number of anilines is 1. The number of carbonyl (C=O) groups excluding carboxylic acids is 1. The Morgan fingerprint density at radius 1 is 1.15 bits per heavy atom. The molecule has 2 heterocycles. The minimum atomic E-state index is -0.414. The Balaban J connectivity index is 1.51. The van der Waals surface area contributed by atoms with Crippen molar-refractivity contribution < 1.29 is 9.90 Å². The Hall–Kier alpha value is -3.14. The van der Waals surface area contributed by atoms with Gasteiger partial charge in [0.15, 0.2) is 0 Å². The predicted octanol–water partition coefficient (Wildman–Crippen LogP) is 5.21. The molecular formula is C27H29N3O2S. The lowest BCUT2D eigenvalue weighted by molar-refractivity contribution is -0.117. The van der Waals surface area contributed by atoms with Crippen molar-refractivity contribution in [1.82, 2.24) is 5.32 Å². The molecule has 1 fully saturated rings. The van der Waals surface area contributed by atoms with Gasteiger partial charge in [0.25, 0.3) is 5.91 Å². The van der Waals surface area contributed by atoms with Crippen LogP contribution in [0.2, 0.25) is 0 Å². The Morgan fingerprint density at radius 3 is 2.67 bits per heavy atom. The molecule has 0 spiro atoms. The highest BCUT2D eigenvalue weighted by Crippen LogP contribution is 2.33. The molecular weight excluding hydrogens is 430 g/mol. The maximum Gasteiger partial charge on any atom is 0.261 e. The molecule has 6 heteroatoms. The minimum Gasteiger partial charge on any atom is -0.396 e. The average Bonchev–Trinajstić information content (AvgIpc) is 3.34. The molecule has 0 radical (unpaired) electrons. The summed E-state index contributed by atoms with van der Waals surface area (Å²) in [6.45, 7) is 4.43. The summed E-state index contributed by atoms with van der Waals surface area (Å²) in [5.41, 5.74) is 2.49. The average molecular weight is 460 g/mol. The summed E-state index contributed by atoms with van der Waals surface area (Å²) in [6, 6.07) is 19.1. The Labute approximate surface area is 199 Å². The number of thiophene rings is 1. The van der Waals surface area contributed by atoms with Gasteiger partial charge in [0, 0.05) is 41.7 Å². The van der Waals surface area contributed by atoms with Gasteiger partial charge in [-0.05, 0) is 77.9 Å². The third kappa shape index (κ3) is 5.62. The van der Waals surface area contributed by atoms with Crippen molar-refractivity contribution in [1.29, 1.82) is 5.26 Å². The Morgan fingerprint density at radius 2 is 1.91 bits per heavy atom. The van der Waals surface area contributed by atoms with Crippen LogP contribution < -0.4 is 10.2 Å². The number of nitrogens with one attached hydrogen (secondary N) is 1. The summed E-state index contributed by atoms with van der Waals surface area (Å²) in [7, 11) is 0. The van der Waals surface area contributed by atoms with E-state index in [1.54, 1.807) is 17.4 Å². The molecule has 2 aromatic carbocycles. The number of nitriles is 1. The van der Waals surface area contributed by atoms with Crippen molar-refractivity contribution >= 4 is 39.8 Å². The highest BCUT2D eigenvalue weighted by molar-refractivity contribution is 7.16. The topological polar surface area (TPSA) is 76.4 Å². The number of piperidine rings is 1. The van der Waals surface area contributed by atoms with E-state index in [1.807, 2.05) is 25.1 Å². The normalized spacial score (nSPS) is 15.3. The largest absolute Gasteiger partial charge is 0.396 e. The lowest BCUT2D eigenvalue weighted by Crippen LogP contribution is -2.30. The van der Waals surface area contributed by atoms with E-state index in [-0.39, 0.29) is 18.1 Å². The highest BCUT2D eigenvalue weighted by Gasteiger charge is 2.13. The van der Waals surface area contributed by atoms with Crippen molar-refractivity contribution in [3.63, 3.8) is 0 Å². The molecule has 1 amide bonds. The van der Waals surface area contributed by atoms with E-state index in [9.17, 15) is 10.1 Å². The number of rotatable bonds is 7.